The van der Waals surface area contributed by atoms with Crippen molar-refractivity contribution in [3.05, 3.63) is 64.5 Å². The molecule has 0 radical (unpaired) electrons. The van der Waals surface area contributed by atoms with Gasteiger partial charge in [0.25, 0.3) is 5.91 Å². The quantitative estimate of drug-likeness (QED) is 0.346. The lowest BCUT2D eigenvalue weighted by molar-refractivity contribution is -0.0860. The fraction of sp³-hybridized carbons (Fsp3) is 0.552. The van der Waals surface area contributed by atoms with Crippen LogP contribution in [-0.2, 0) is 17.8 Å². The Morgan fingerprint density at radius 1 is 1.15 bits per heavy atom. The number of aliphatic hydroxyl groups is 3. The number of nitrogens with one attached hydrogen (secondary N) is 2. The summed E-state index contributed by atoms with van der Waals surface area (Å²) in [5.41, 5.74) is 2.65. The topological polar surface area (TPSA) is 118 Å². The van der Waals surface area contributed by atoms with Crippen LogP contribution in [0.15, 0.2) is 36.4 Å². The Hall–Kier alpha value is -2.60. The molecule has 0 aliphatic carbocycles. The molecule has 0 spiro atoms. The average Bonchev–Trinajstić information content (AvgIpc) is 3.19. The minimum absolute atomic E-state index is 0.0633. The summed E-state index contributed by atoms with van der Waals surface area (Å²) >= 11 is 0. The van der Waals surface area contributed by atoms with Crippen LogP contribution < -0.4 is 10.6 Å². The molecule has 5 N–H and O–H groups in total. The monoisotopic (exact) mass is 542 g/mol. The number of methoxy groups -OCH3 is 1. The highest BCUT2D eigenvalue weighted by Crippen LogP contribution is 2.39. The maximum atomic E-state index is 15.0. The minimum atomic E-state index is -1.20. The normalized spacial score (nSPS) is 27.0. The Kier molecular flexibility index (Phi) is 8.23. The summed E-state index contributed by atoms with van der Waals surface area (Å²) in [4.78, 5) is 16.9. The van der Waals surface area contributed by atoms with Crippen molar-refractivity contribution in [2.24, 2.45) is 0 Å². The van der Waals surface area contributed by atoms with Crippen molar-refractivity contribution in [1.82, 2.24) is 15.1 Å². The summed E-state index contributed by atoms with van der Waals surface area (Å²) in [6.07, 6.45) is 0.346. The summed E-state index contributed by atoms with van der Waals surface area (Å²) in [5.74, 6) is -0.656. The molecule has 2 fully saturated rings. The number of carbonyl (C=O) groups is 1. The molecule has 0 bridgehead atoms. The van der Waals surface area contributed by atoms with E-state index in [9.17, 15) is 20.1 Å². The summed E-state index contributed by atoms with van der Waals surface area (Å²) in [6.45, 7) is 4.74. The lowest BCUT2D eigenvalue weighted by Gasteiger charge is -2.40. The first-order chi connectivity index (χ1) is 18.7. The van der Waals surface area contributed by atoms with Gasteiger partial charge >= 0.3 is 0 Å². The lowest BCUT2D eigenvalue weighted by atomic mass is 9.88. The molecule has 3 unspecified atom stereocenters. The lowest BCUT2D eigenvalue weighted by Crippen LogP contribution is -2.57. The van der Waals surface area contributed by atoms with Gasteiger partial charge in [0.1, 0.15) is 18.3 Å². The molecule has 9 nitrogen and oxygen atoms in total. The number of rotatable bonds is 8. The van der Waals surface area contributed by atoms with Gasteiger partial charge in [0.15, 0.2) is 6.23 Å². The fourth-order valence-corrected chi connectivity index (χ4v) is 6.15. The van der Waals surface area contributed by atoms with Crippen molar-refractivity contribution in [1.29, 1.82) is 0 Å². The Balaban J connectivity index is 1.23. The number of halogens is 1. The number of ether oxygens (including phenoxy) is 1. The van der Waals surface area contributed by atoms with E-state index in [2.05, 4.69) is 22.5 Å². The molecule has 3 aliphatic rings. The number of benzene rings is 2. The molecular formula is C29H39FN4O5. The molecule has 2 aromatic rings. The zero-order valence-corrected chi connectivity index (χ0v) is 22.6. The second kappa shape index (κ2) is 11.5. The van der Waals surface area contributed by atoms with E-state index in [1.807, 2.05) is 12.1 Å². The maximum absolute atomic E-state index is 15.0. The first kappa shape index (κ1) is 27.9. The van der Waals surface area contributed by atoms with Crippen LogP contribution in [-0.4, -0.2) is 75.3 Å². The van der Waals surface area contributed by atoms with Gasteiger partial charge in [-0.25, -0.2) is 4.39 Å². The molecule has 2 saturated heterocycles. The maximum Gasteiger partial charge on any atom is 0.259 e. The van der Waals surface area contributed by atoms with Gasteiger partial charge < -0.3 is 30.3 Å². The smallest absolute Gasteiger partial charge is 0.259 e. The van der Waals surface area contributed by atoms with Crippen LogP contribution in [0.2, 0.25) is 0 Å². The van der Waals surface area contributed by atoms with Gasteiger partial charge in [-0.1, -0.05) is 31.2 Å². The van der Waals surface area contributed by atoms with E-state index in [1.54, 1.807) is 25.3 Å². The zero-order valence-electron chi connectivity index (χ0n) is 22.6. The van der Waals surface area contributed by atoms with Gasteiger partial charge in [0, 0.05) is 50.1 Å². The number of hydrogen-bond acceptors (Lipinski definition) is 8. The molecular weight excluding hydrogens is 503 g/mol. The van der Waals surface area contributed by atoms with Crippen LogP contribution in [0.25, 0.3) is 0 Å². The zero-order chi connectivity index (χ0) is 27.7. The molecule has 0 aromatic heterocycles. The summed E-state index contributed by atoms with van der Waals surface area (Å²) in [6, 6.07) is 9.76. The fourth-order valence-electron chi connectivity index (χ4n) is 6.15. The number of nitrogens with zero attached hydrogens (tertiary/aromatic N) is 2. The van der Waals surface area contributed by atoms with Crippen molar-refractivity contribution >= 4 is 11.6 Å². The van der Waals surface area contributed by atoms with Gasteiger partial charge in [-0.3, -0.25) is 15.0 Å². The van der Waals surface area contributed by atoms with E-state index >= 15 is 4.39 Å². The molecule has 39 heavy (non-hydrogen) atoms. The van der Waals surface area contributed by atoms with E-state index in [0.717, 1.165) is 37.9 Å². The van der Waals surface area contributed by atoms with Crippen molar-refractivity contribution in [2.75, 3.05) is 25.5 Å². The number of hydrogen-bond donors (Lipinski definition) is 5. The van der Waals surface area contributed by atoms with E-state index in [1.165, 1.54) is 11.0 Å². The third-order valence-electron chi connectivity index (χ3n) is 8.75. The van der Waals surface area contributed by atoms with Crippen LogP contribution in [0.3, 0.4) is 0 Å². The first-order valence-corrected chi connectivity index (χ1v) is 13.8. The highest BCUT2D eigenvalue weighted by molar-refractivity contribution is 6.04. The van der Waals surface area contributed by atoms with Crippen molar-refractivity contribution in [3.8, 4) is 0 Å². The number of aliphatic hydroxyl groups excluding tert-OH is 3. The Bertz CT molecular complexity index is 1180. The summed E-state index contributed by atoms with van der Waals surface area (Å²) in [5, 5.41) is 36.9. The van der Waals surface area contributed by atoms with Gasteiger partial charge in [-0.2, -0.15) is 0 Å². The van der Waals surface area contributed by atoms with Crippen LogP contribution in [0.4, 0.5) is 10.1 Å². The highest BCUT2D eigenvalue weighted by atomic mass is 19.1. The Morgan fingerprint density at radius 2 is 1.92 bits per heavy atom. The molecule has 3 heterocycles. The Labute approximate surface area is 228 Å². The molecule has 212 valence electrons. The standard InChI is InChI=1S/C29H39FN4O5/c1-3-29(39-2)11-13-33(14-12-29)17-19-8-7-18(15-21(19)30)16-31-22-6-4-5-20-25(22)28(38)34(27(20)37)23-9-10-24(35)32-26(23)36/h4-8,15,23-24,26-27,31-32,35-37H,3,9-14,16-17H2,1-2H3/t23?,24?,26?,27-/m0/s1. The summed E-state index contributed by atoms with van der Waals surface area (Å²) in [7, 11) is 1.77. The van der Waals surface area contributed by atoms with E-state index in [4.69, 9.17) is 4.74 Å². The predicted molar refractivity (Wildman–Crippen MR) is 144 cm³/mol. The van der Waals surface area contributed by atoms with Gasteiger partial charge in [-0.15, -0.1) is 0 Å². The number of fused-ring (bicyclic) bond motifs is 1. The van der Waals surface area contributed by atoms with Crippen molar-refractivity contribution in [2.45, 2.75) is 82.4 Å². The predicted octanol–water partition coefficient (Wildman–Crippen LogP) is 2.66. The SMILES string of the molecule is CCC1(OC)CCN(Cc2ccc(CNc3cccc4c3C(=O)N(C3CCC(O)NC3O)[C@H]4O)cc2F)CC1. The van der Waals surface area contributed by atoms with Crippen LogP contribution in [0, 0.1) is 5.82 Å². The molecule has 1 amide bonds. The molecule has 3 aliphatic heterocycles. The van der Waals surface area contributed by atoms with E-state index in [-0.39, 0.29) is 11.4 Å². The van der Waals surface area contributed by atoms with Gasteiger partial charge in [0.2, 0.25) is 0 Å². The second-order valence-corrected chi connectivity index (χ2v) is 10.9. The number of amides is 1. The van der Waals surface area contributed by atoms with Crippen LogP contribution in [0.5, 0.6) is 0 Å². The molecule has 10 heteroatoms. The number of piperidine rings is 2. The molecule has 5 rings (SSSR count). The summed E-state index contributed by atoms with van der Waals surface area (Å²) < 4.78 is 20.8. The third-order valence-corrected chi connectivity index (χ3v) is 8.75. The number of carbonyl (C=O) groups excluding carboxylic acids is 1. The van der Waals surface area contributed by atoms with E-state index in [0.29, 0.717) is 48.3 Å². The second-order valence-electron chi connectivity index (χ2n) is 10.9. The first-order valence-electron chi connectivity index (χ1n) is 13.8. The van der Waals surface area contributed by atoms with Crippen molar-refractivity contribution in [3.63, 3.8) is 0 Å². The average molecular weight is 543 g/mol. The molecule has 2 aromatic carbocycles. The molecule has 4 atom stereocenters. The van der Waals surface area contributed by atoms with Gasteiger partial charge in [-0.05, 0) is 49.8 Å². The van der Waals surface area contributed by atoms with Crippen LogP contribution in [0.1, 0.15) is 72.3 Å². The minimum Gasteiger partial charge on any atom is -0.380 e. The molecule has 0 saturated carbocycles. The largest absolute Gasteiger partial charge is 0.380 e. The van der Waals surface area contributed by atoms with E-state index < -0.39 is 30.6 Å². The number of anilines is 1. The third kappa shape index (κ3) is 5.54. The Morgan fingerprint density at radius 3 is 2.59 bits per heavy atom. The van der Waals surface area contributed by atoms with Gasteiger partial charge in [0.05, 0.1) is 17.2 Å². The van der Waals surface area contributed by atoms with Crippen molar-refractivity contribution < 1.29 is 29.2 Å². The number of likely N-dealkylation sites (tertiary alicyclic amines) is 1. The van der Waals surface area contributed by atoms with Crippen LogP contribution >= 0.6 is 0 Å². The highest BCUT2D eigenvalue weighted by Gasteiger charge is 2.45.